The first-order chi connectivity index (χ1) is 8.56. The second kappa shape index (κ2) is 6.24. The summed E-state index contributed by atoms with van der Waals surface area (Å²) in [6.07, 6.45) is 5.43. The van der Waals surface area contributed by atoms with E-state index in [1.165, 1.54) is 24.3 Å². The fourth-order valence-corrected chi connectivity index (χ4v) is 1.62. The van der Waals surface area contributed by atoms with Crippen molar-refractivity contribution < 1.29 is 31.3 Å². The summed E-state index contributed by atoms with van der Waals surface area (Å²) in [4.78, 5) is 21.9. The number of aromatic nitrogens is 2. The third-order valence-electron chi connectivity index (χ3n) is 2.55. The zero-order chi connectivity index (χ0) is 13.1. The van der Waals surface area contributed by atoms with Crippen LogP contribution >= 0.6 is 0 Å². The number of Topliss-reactive ketones (excluding diaryl/α,β-unsaturated/α-hetero) is 1. The Kier molecular flexibility index (Phi) is 4.94. The summed E-state index contributed by atoms with van der Waals surface area (Å²) < 4.78 is 3.59. The Bertz CT molecular complexity index is 593. The summed E-state index contributed by atoms with van der Waals surface area (Å²) >= 11 is 0. The molecule has 2 rings (SSSR count). The van der Waals surface area contributed by atoms with Gasteiger partial charge in [0.1, 0.15) is 12.4 Å². The van der Waals surface area contributed by atoms with Gasteiger partial charge in [-0.05, 0) is 12.1 Å². The Balaban J connectivity index is 0.00000180. The van der Waals surface area contributed by atoms with E-state index in [1.807, 2.05) is 17.8 Å². The second-order valence-electron chi connectivity index (χ2n) is 3.98. The topological polar surface area (TPSA) is 69.0 Å². The maximum absolute atomic E-state index is 11.9. The number of benzene rings is 1. The van der Waals surface area contributed by atoms with Gasteiger partial charge in [0.05, 0.1) is 12.0 Å². The molecule has 1 heterocycles. The number of carbonyl (C=O) groups excluding carboxylic acids is 1. The molecule has 0 bridgehead atoms. The lowest BCUT2D eigenvalue weighted by Gasteiger charge is -1.98. The van der Waals surface area contributed by atoms with Crippen LogP contribution in [0.25, 0.3) is 0 Å². The summed E-state index contributed by atoms with van der Waals surface area (Å²) in [5, 5.41) is 10.5. The molecule has 0 radical (unpaired) electrons. The zero-order valence-corrected chi connectivity index (χ0v) is 11.8. The summed E-state index contributed by atoms with van der Waals surface area (Å²) in [5.41, 5.74) is 0.455. The molecule has 2 aromatic rings. The minimum absolute atomic E-state index is 0. The van der Waals surface area contributed by atoms with Crippen LogP contribution in [-0.2, 0) is 13.6 Å². The fraction of sp³-hybridized carbons (Fsp3) is 0.167. The number of nitro groups is 1. The van der Waals surface area contributed by atoms with E-state index in [-0.39, 0.29) is 35.0 Å². The van der Waals surface area contributed by atoms with Gasteiger partial charge in [-0.15, -0.1) is 0 Å². The molecule has 0 unspecified atom stereocenters. The van der Waals surface area contributed by atoms with Crippen molar-refractivity contribution in [3.8, 4) is 0 Å². The van der Waals surface area contributed by atoms with Crippen LogP contribution in [0.4, 0.5) is 5.69 Å². The molecule has 0 aliphatic carbocycles. The van der Waals surface area contributed by atoms with Crippen LogP contribution in [-0.4, -0.2) is 15.3 Å². The molecule has 0 aliphatic heterocycles. The van der Waals surface area contributed by atoms with E-state index < -0.39 is 4.92 Å². The molecule has 0 atom stereocenters. The Morgan fingerprint density at radius 2 is 2.00 bits per heavy atom. The number of rotatable bonds is 4. The average molecular weight is 326 g/mol. The van der Waals surface area contributed by atoms with Crippen molar-refractivity contribution in [3.05, 3.63) is 58.7 Å². The van der Waals surface area contributed by atoms with Crippen molar-refractivity contribution in [1.29, 1.82) is 0 Å². The van der Waals surface area contributed by atoms with Gasteiger partial charge in [-0.25, -0.2) is 9.13 Å². The van der Waals surface area contributed by atoms with Crippen LogP contribution in [0.15, 0.2) is 43.0 Å². The standard InChI is InChI=1S/C12H12N3O3.BrH/c1-13-6-7-14(9-13)8-12(16)10-2-4-11(5-3-10)15(17)18;/h2-7,9H,8H2,1H3;1H/q+1;/p-1. The number of hydrogen-bond acceptors (Lipinski definition) is 3. The number of halogens is 1. The molecule has 0 fully saturated rings. The molecule has 6 nitrogen and oxygen atoms in total. The molecule has 1 aromatic heterocycles. The summed E-state index contributed by atoms with van der Waals surface area (Å²) in [6.45, 7) is 0.221. The van der Waals surface area contributed by atoms with Crippen LogP contribution in [0.3, 0.4) is 0 Å². The number of aryl methyl sites for hydroxylation is 1. The first-order valence-electron chi connectivity index (χ1n) is 5.35. The lowest BCUT2D eigenvalue weighted by molar-refractivity contribution is -0.671. The van der Waals surface area contributed by atoms with Crippen molar-refractivity contribution in [1.82, 2.24) is 4.57 Å². The van der Waals surface area contributed by atoms with E-state index >= 15 is 0 Å². The number of nitro benzene ring substituents is 1. The predicted octanol–water partition coefficient (Wildman–Crippen LogP) is -1.89. The molecule has 19 heavy (non-hydrogen) atoms. The van der Waals surface area contributed by atoms with Crippen LogP contribution in [0, 0.1) is 10.1 Å². The quantitative estimate of drug-likeness (QED) is 0.285. The Morgan fingerprint density at radius 1 is 1.37 bits per heavy atom. The maximum Gasteiger partial charge on any atom is 0.269 e. The summed E-state index contributed by atoms with van der Waals surface area (Å²) in [5.74, 6) is -0.0823. The van der Waals surface area contributed by atoms with Crippen molar-refractivity contribution >= 4 is 11.5 Å². The van der Waals surface area contributed by atoms with Crippen molar-refractivity contribution in [2.45, 2.75) is 6.54 Å². The van der Waals surface area contributed by atoms with E-state index in [0.717, 1.165) is 0 Å². The molecule has 1 aromatic carbocycles. The molecule has 0 N–H and O–H groups in total. The Hall–Kier alpha value is -2.02. The highest BCUT2D eigenvalue weighted by molar-refractivity contribution is 5.96. The van der Waals surface area contributed by atoms with Crippen LogP contribution in [0.5, 0.6) is 0 Å². The van der Waals surface area contributed by atoms with Crippen molar-refractivity contribution in [2.24, 2.45) is 7.05 Å². The predicted molar refractivity (Wildman–Crippen MR) is 63.0 cm³/mol. The lowest BCUT2D eigenvalue weighted by Crippen LogP contribution is -3.00. The van der Waals surface area contributed by atoms with Gasteiger partial charge in [-0.2, -0.15) is 0 Å². The van der Waals surface area contributed by atoms with E-state index in [4.69, 9.17) is 0 Å². The van der Waals surface area contributed by atoms with Crippen LogP contribution < -0.4 is 21.5 Å². The minimum atomic E-state index is -0.486. The van der Waals surface area contributed by atoms with E-state index in [9.17, 15) is 14.9 Å². The first kappa shape index (κ1) is 15.0. The molecule has 0 amide bonds. The number of carbonyl (C=O) groups is 1. The van der Waals surface area contributed by atoms with Crippen LogP contribution in [0.2, 0.25) is 0 Å². The third kappa shape index (κ3) is 3.72. The molecular weight excluding hydrogens is 314 g/mol. The third-order valence-corrected chi connectivity index (χ3v) is 2.55. The van der Waals surface area contributed by atoms with Gasteiger partial charge in [0.25, 0.3) is 5.69 Å². The van der Waals surface area contributed by atoms with Gasteiger partial charge in [0, 0.05) is 17.7 Å². The molecule has 0 saturated carbocycles. The fourth-order valence-electron chi connectivity index (χ4n) is 1.62. The smallest absolute Gasteiger partial charge is 0.269 e. The molecular formula is C12H12BrN3O3. The normalized spacial score (nSPS) is 9.74. The number of non-ortho nitro benzene ring substituents is 1. The van der Waals surface area contributed by atoms with Crippen LogP contribution in [0.1, 0.15) is 10.4 Å². The average Bonchev–Trinajstić information content (AvgIpc) is 2.75. The zero-order valence-electron chi connectivity index (χ0n) is 10.2. The second-order valence-corrected chi connectivity index (χ2v) is 3.98. The lowest BCUT2D eigenvalue weighted by atomic mass is 10.1. The molecule has 7 heteroatoms. The molecule has 0 spiro atoms. The Labute approximate surface area is 120 Å². The largest absolute Gasteiger partial charge is 1.00 e. The highest BCUT2D eigenvalue weighted by Crippen LogP contribution is 2.12. The van der Waals surface area contributed by atoms with Gasteiger partial charge in [0.15, 0.2) is 6.54 Å². The molecule has 100 valence electrons. The van der Waals surface area contributed by atoms with Gasteiger partial charge >= 0.3 is 0 Å². The SMILES string of the molecule is C[n+]1ccn(CC(=O)c2ccc([N+](=O)[O-])cc2)c1.[Br-]. The summed E-state index contributed by atoms with van der Waals surface area (Å²) in [6, 6.07) is 5.62. The van der Waals surface area contributed by atoms with Crippen molar-refractivity contribution in [3.63, 3.8) is 0 Å². The minimum Gasteiger partial charge on any atom is -1.00 e. The van der Waals surface area contributed by atoms with E-state index in [1.54, 1.807) is 17.1 Å². The number of ketones is 1. The van der Waals surface area contributed by atoms with Gasteiger partial charge in [0.2, 0.25) is 12.1 Å². The number of hydrogen-bond donors (Lipinski definition) is 0. The summed E-state index contributed by atoms with van der Waals surface area (Å²) in [7, 11) is 1.87. The molecule has 0 saturated heterocycles. The number of imidazole rings is 1. The van der Waals surface area contributed by atoms with E-state index in [0.29, 0.717) is 5.56 Å². The van der Waals surface area contributed by atoms with Gasteiger partial charge < -0.3 is 17.0 Å². The first-order valence-corrected chi connectivity index (χ1v) is 5.35. The Morgan fingerprint density at radius 3 is 2.47 bits per heavy atom. The highest BCUT2D eigenvalue weighted by atomic mass is 79.9. The van der Waals surface area contributed by atoms with Crippen molar-refractivity contribution in [2.75, 3.05) is 0 Å². The van der Waals surface area contributed by atoms with Gasteiger partial charge in [-0.1, -0.05) is 0 Å². The highest BCUT2D eigenvalue weighted by Gasteiger charge is 2.12. The van der Waals surface area contributed by atoms with Gasteiger partial charge in [-0.3, -0.25) is 14.9 Å². The van der Waals surface area contributed by atoms with E-state index in [2.05, 4.69) is 0 Å². The molecule has 0 aliphatic rings. The maximum atomic E-state index is 11.9. The number of nitrogens with zero attached hydrogens (tertiary/aromatic N) is 3. The monoisotopic (exact) mass is 325 g/mol.